The van der Waals surface area contributed by atoms with Crippen LogP contribution >= 0.6 is 11.6 Å². The lowest BCUT2D eigenvalue weighted by atomic mass is 9.78. The topological polar surface area (TPSA) is 73.9 Å². The number of carbonyl (C=O) groups is 2. The fraction of sp³-hybridized carbons (Fsp3) is 0.375. The van der Waals surface area contributed by atoms with Crippen LogP contribution in [-0.2, 0) is 29.9 Å². The van der Waals surface area contributed by atoms with Gasteiger partial charge in [-0.3, -0.25) is 4.89 Å². The van der Waals surface area contributed by atoms with E-state index < -0.39 is 17.7 Å². The zero-order valence-electron chi connectivity index (χ0n) is 12.7. The quantitative estimate of drug-likeness (QED) is 0.659. The predicted octanol–water partition coefficient (Wildman–Crippen LogP) is 2.22. The van der Waals surface area contributed by atoms with Gasteiger partial charge in [0.05, 0.1) is 6.04 Å². The minimum atomic E-state index is -1.60. The number of cyclic esters (lactones) is 1. The zero-order valence-corrected chi connectivity index (χ0v) is 13.4. The Hall–Kier alpha value is -1.89. The average Bonchev–Trinajstić information content (AvgIpc) is 2.45. The molecule has 0 radical (unpaired) electrons. The highest BCUT2D eigenvalue weighted by Crippen LogP contribution is 2.42. The third-order valence-corrected chi connectivity index (χ3v) is 4.06. The van der Waals surface area contributed by atoms with Crippen LogP contribution in [0.4, 0.5) is 0 Å². The Labute approximate surface area is 138 Å². The van der Waals surface area contributed by atoms with Gasteiger partial charge >= 0.3 is 11.9 Å². The molecule has 1 fully saturated rings. The molecule has 0 saturated carbocycles. The van der Waals surface area contributed by atoms with E-state index in [1.54, 1.807) is 24.3 Å². The Kier molecular flexibility index (Phi) is 3.91. The highest BCUT2D eigenvalue weighted by atomic mass is 35.5. The van der Waals surface area contributed by atoms with E-state index in [1.165, 1.54) is 0 Å². The number of hydrogen-bond donors (Lipinski definition) is 1. The molecule has 1 N–H and O–H groups in total. The Morgan fingerprint density at radius 3 is 2.57 bits per heavy atom. The molecule has 6 nitrogen and oxygen atoms in total. The van der Waals surface area contributed by atoms with Crippen LogP contribution in [0.1, 0.15) is 25.8 Å². The third kappa shape index (κ3) is 3.10. The fourth-order valence-corrected chi connectivity index (χ4v) is 2.99. The molecule has 0 bridgehead atoms. The number of benzene rings is 1. The van der Waals surface area contributed by atoms with Crippen molar-refractivity contribution in [3.05, 3.63) is 47.0 Å². The molecule has 0 amide bonds. The fourth-order valence-electron chi connectivity index (χ4n) is 2.80. The lowest BCUT2D eigenvalue weighted by Gasteiger charge is -2.51. The smallest absolute Gasteiger partial charge is 0.366 e. The summed E-state index contributed by atoms with van der Waals surface area (Å²) in [5.74, 6) is -3.09. The first kappa shape index (κ1) is 16.0. The molecule has 0 aliphatic carbocycles. The molecule has 7 heteroatoms. The number of halogens is 1. The van der Waals surface area contributed by atoms with Crippen molar-refractivity contribution in [2.24, 2.45) is 0 Å². The average molecular weight is 338 g/mol. The first-order valence-electron chi connectivity index (χ1n) is 7.15. The summed E-state index contributed by atoms with van der Waals surface area (Å²) in [6.07, 6.45) is 2.60. The molecule has 23 heavy (non-hydrogen) atoms. The van der Waals surface area contributed by atoms with Gasteiger partial charge in [-0.05, 0) is 32.4 Å². The summed E-state index contributed by atoms with van der Waals surface area (Å²) in [6.45, 7) is 4.01. The molecule has 0 spiro atoms. The van der Waals surface area contributed by atoms with Crippen molar-refractivity contribution in [1.82, 2.24) is 5.32 Å². The summed E-state index contributed by atoms with van der Waals surface area (Å²) < 4.78 is 5.52. The van der Waals surface area contributed by atoms with Gasteiger partial charge in [-0.2, -0.15) is 0 Å². The Bertz CT molecular complexity index is 679. The summed E-state index contributed by atoms with van der Waals surface area (Å²) in [5.41, 5.74) is 0.336. The maximum absolute atomic E-state index is 12.0. The summed E-state index contributed by atoms with van der Waals surface area (Å²) in [4.78, 5) is 33.6. The summed E-state index contributed by atoms with van der Waals surface area (Å²) in [6, 6.07) is 6.32. The molecule has 2 heterocycles. The molecule has 2 aliphatic rings. The number of nitrogens with one attached hydrogen (secondary N) is 1. The summed E-state index contributed by atoms with van der Waals surface area (Å²) in [5, 5.41) is 3.72. The van der Waals surface area contributed by atoms with Gasteiger partial charge in [-0.15, -0.1) is 4.89 Å². The molecule has 2 atom stereocenters. The van der Waals surface area contributed by atoms with E-state index in [-0.39, 0.29) is 11.6 Å². The van der Waals surface area contributed by atoms with Gasteiger partial charge in [0.2, 0.25) is 0 Å². The Morgan fingerprint density at radius 1 is 1.22 bits per heavy atom. The van der Waals surface area contributed by atoms with Gasteiger partial charge in [0, 0.05) is 28.3 Å². The number of carbonyl (C=O) groups excluding carboxylic acids is 2. The standard InChI is InChI=1S/C16H16ClNO5/c1-15(2)9-12(18-15)16(10-4-3-5-11(17)8-10)21-13(19)6-7-14(20)22-23-16/h3-8,12,18H,9H2,1-2H3/b7-6-/t12-,16+/m1/s1. The summed E-state index contributed by atoms with van der Waals surface area (Å²) in [7, 11) is 0. The van der Waals surface area contributed by atoms with E-state index in [0.717, 1.165) is 12.2 Å². The van der Waals surface area contributed by atoms with E-state index in [4.69, 9.17) is 26.1 Å². The second kappa shape index (κ2) is 5.63. The van der Waals surface area contributed by atoms with Crippen LogP contribution in [-0.4, -0.2) is 23.5 Å². The molecule has 122 valence electrons. The van der Waals surface area contributed by atoms with Crippen molar-refractivity contribution in [2.45, 2.75) is 37.6 Å². The van der Waals surface area contributed by atoms with Gasteiger partial charge in [0.1, 0.15) is 0 Å². The lowest BCUT2D eigenvalue weighted by molar-refractivity contribution is -0.415. The van der Waals surface area contributed by atoms with Gasteiger partial charge in [-0.1, -0.05) is 23.7 Å². The minimum Gasteiger partial charge on any atom is -0.420 e. The van der Waals surface area contributed by atoms with Crippen LogP contribution < -0.4 is 5.32 Å². The van der Waals surface area contributed by atoms with Crippen molar-refractivity contribution in [3.8, 4) is 0 Å². The largest absolute Gasteiger partial charge is 0.420 e. The minimum absolute atomic E-state index is 0.145. The number of hydrogen-bond acceptors (Lipinski definition) is 6. The van der Waals surface area contributed by atoms with E-state index in [0.29, 0.717) is 17.0 Å². The maximum atomic E-state index is 12.0. The molecular formula is C16H16ClNO5. The summed E-state index contributed by atoms with van der Waals surface area (Å²) >= 11 is 6.05. The Morgan fingerprint density at radius 2 is 1.91 bits per heavy atom. The normalized spacial score (nSPS) is 31.2. The highest BCUT2D eigenvalue weighted by molar-refractivity contribution is 6.30. The number of esters is 1. The third-order valence-electron chi connectivity index (χ3n) is 3.82. The van der Waals surface area contributed by atoms with E-state index in [9.17, 15) is 9.59 Å². The molecule has 0 unspecified atom stereocenters. The van der Waals surface area contributed by atoms with Crippen LogP contribution in [0.2, 0.25) is 5.02 Å². The van der Waals surface area contributed by atoms with Crippen molar-refractivity contribution in [2.75, 3.05) is 0 Å². The van der Waals surface area contributed by atoms with Crippen LogP contribution in [0.15, 0.2) is 36.4 Å². The molecule has 3 rings (SSSR count). The predicted molar refractivity (Wildman–Crippen MR) is 81.2 cm³/mol. The van der Waals surface area contributed by atoms with Crippen LogP contribution in [0.5, 0.6) is 0 Å². The first-order chi connectivity index (χ1) is 10.8. The number of ether oxygens (including phenoxy) is 1. The zero-order chi connectivity index (χ0) is 16.7. The van der Waals surface area contributed by atoms with E-state index in [2.05, 4.69) is 5.32 Å². The molecule has 1 aromatic rings. The van der Waals surface area contributed by atoms with Crippen LogP contribution in [0, 0.1) is 0 Å². The SMILES string of the molecule is CC1(C)C[C@H]([C@]2(c3cccc(Cl)c3)OOC(=O)/C=C\C(=O)O2)N1. The van der Waals surface area contributed by atoms with Crippen molar-refractivity contribution in [1.29, 1.82) is 0 Å². The van der Waals surface area contributed by atoms with Crippen molar-refractivity contribution in [3.63, 3.8) is 0 Å². The number of rotatable bonds is 2. The van der Waals surface area contributed by atoms with E-state index in [1.807, 2.05) is 13.8 Å². The first-order valence-corrected chi connectivity index (χ1v) is 7.53. The highest BCUT2D eigenvalue weighted by Gasteiger charge is 2.56. The lowest BCUT2D eigenvalue weighted by Crippen LogP contribution is -2.69. The Balaban J connectivity index is 2.04. The second-order valence-corrected chi connectivity index (χ2v) is 6.64. The second-order valence-electron chi connectivity index (χ2n) is 6.20. The van der Waals surface area contributed by atoms with Crippen molar-refractivity contribution >= 4 is 23.5 Å². The van der Waals surface area contributed by atoms with Gasteiger partial charge in [0.25, 0.3) is 5.79 Å². The van der Waals surface area contributed by atoms with Gasteiger partial charge in [-0.25, -0.2) is 9.59 Å². The van der Waals surface area contributed by atoms with Gasteiger partial charge in [0.15, 0.2) is 0 Å². The van der Waals surface area contributed by atoms with Gasteiger partial charge < -0.3 is 10.1 Å². The van der Waals surface area contributed by atoms with E-state index >= 15 is 0 Å². The monoisotopic (exact) mass is 337 g/mol. The maximum Gasteiger partial charge on any atom is 0.366 e. The molecule has 1 saturated heterocycles. The molecule has 0 aromatic heterocycles. The van der Waals surface area contributed by atoms with Crippen molar-refractivity contribution < 1.29 is 24.1 Å². The molecule has 2 aliphatic heterocycles. The van der Waals surface area contributed by atoms with Crippen LogP contribution in [0.25, 0.3) is 0 Å². The molecular weight excluding hydrogens is 322 g/mol. The molecule has 1 aromatic carbocycles. The van der Waals surface area contributed by atoms with Crippen LogP contribution in [0.3, 0.4) is 0 Å².